The smallest absolute Gasteiger partial charge is 0.257 e. The Kier molecular flexibility index (Phi) is 13.6. The van der Waals surface area contributed by atoms with E-state index >= 15 is 0 Å². The number of ether oxygens (including phenoxy) is 3. The van der Waals surface area contributed by atoms with Crippen molar-refractivity contribution in [3.8, 4) is 17.2 Å². The van der Waals surface area contributed by atoms with Gasteiger partial charge in [-0.1, -0.05) is 29.4 Å². The second-order valence-electron chi connectivity index (χ2n) is 9.41. The van der Waals surface area contributed by atoms with Crippen LogP contribution < -0.4 is 31.0 Å². The van der Waals surface area contributed by atoms with E-state index in [1.165, 1.54) is 11.6 Å². The van der Waals surface area contributed by atoms with E-state index in [9.17, 15) is 9.59 Å². The Hall–Kier alpha value is -4.53. The van der Waals surface area contributed by atoms with Crippen molar-refractivity contribution in [1.29, 1.82) is 0 Å². The van der Waals surface area contributed by atoms with Crippen molar-refractivity contribution in [2.75, 3.05) is 32.9 Å². The van der Waals surface area contributed by atoms with Crippen LogP contribution in [0.3, 0.4) is 0 Å². The number of aliphatic imine (C=N–C) groups is 1. The van der Waals surface area contributed by atoms with Crippen LogP contribution >= 0.6 is 0 Å². The Bertz CT molecular complexity index is 1230. The van der Waals surface area contributed by atoms with Crippen LogP contribution in [0.1, 0.15) is 50.0 Å². The molecule has 2 rings (SSSR count). The molecule has 5 N–H and O–H groups in total. The largest absolute Gasteiger partial charge is 0.490 e. The highest BCUT2D eigenvalue weighted by molar-refractivity contribution is 6.08. The summed E-state index contributed by atoms with van der Waals surface area (Å²) in [5.74, 6) is 0.926. The summed E-state index contributed by atoms with van der Waals surface area (Å²) in [5, 5.41) is 2.74. The minimum absolute atomic E-state index is 0.00811. The van der Waals surface area contributed by atoms with Gasteiger partial charge in [0.2, 0.25) is 0 Å². The van der Waals surface area contributed by atoms with Gasteiger partial charge >= 0.3 is 0 Å². The topological polar surface area (TPSA) is 138 Å². The van der Waals surface area contributed by atoms with E-state index in [4.69, 9.17) is 25.7 Å². The molecule has 214 valence electrons. The van der Waals surface area contributed by atoms with Crippen molar-refractivity contribution >= 4 is 23.7 Å². The van der Waals surface area contributed by atoms with E-state index in [2.05, 4.69) is 10.3 Å². The molecule has 0 aliphatic heterocycles. The van der Waals surface area contributed by atoms with Crippen LogP contribution in [0.4, 0.5) is 0 Å². The zero-order valence-electron chi connectivity index (χ0n) is 23.7. The van der Waals surface area contributed by atoms with E-state index in [1.54, 1.807) is 24.3 Å². The highest BCUT2D eigenvalue weighted by Crippen LogP contribution is 2.26. The molecule has 0 unspecified atom stereocenters. The molecule has 0 saturated carbocycles. The van der Waals surface area contributed by atoms with Crippen LogP contribution in [-0.4, -0.2) is 50.6 Å². The summed E-state index contributed by atoms with van der Waals surface area (Å²) in [7, 11) is 0. The molecule has 0 radical (unpaired) electrons. The molecule has 0 fully saturated rings. The fourth-order valence-corrected chi connectivity index (χ4v) is 3.17. The lowest BCUT2D eigenvalue weighted by molar-refractivity contribution is -0.123. The van der Waals surface area contributed by atoms with Gasteiger partial charge in [-0.15, -0.1) is 0 Å². The zero-order valence-corrected chi connectivity index (χ0v) is 23.7. The predicted molar refractivity (Wildman–Crippen MR) is 160 cm³/mol. The molecular weight excluding hydrogens is 508 g/mol. The van der Waals surface area contributed by atoms with E-state index in [0.29, 0.717) is 44.0 Å². The maximum Gasteiger partial charge on any atom is 0.257 e. The summed E-state index contributed by atoms with van der Waals surface area (Å²) in [6.07, 6.45) is 7.70. The summed E-state index contributed by atoms with van der Waals surface area (Å²) in [6, 6.07) is 12.4. The number of benzene rings is 2. The fraction of sp³-hybridized carbons (Fsp3) is 0.323. The van der Waals surface area contributed by atoms with Gasteiger partial charge in [0.25, 0.3) is 5.91 Å². The number of carbonyl (C=O) groups excluding carboxylic acids is 2. The summed E-state index contributed by atoms with van der Waals surface area (Å²) in [4.78, 5) is 29.3. The molecule has 1 amide bonds. The first kappa shape index (κ1) is 31.7. The van der Waals surface area contributed by atoms with Gasteiger partial charge in [0.15, 0.2) is 18.3 Å². The number of carbonyl (C=O) groups is 2. The number of guanidine groups is 1. The molecule has 0 bridgehead atoms. The number of nitrogens with one attached hydrogen (secondary N) is 1. The predicted octanol–water partition coefficient (Wildman–Crippen LogP) is 4.43. The minimum Gasteiger partial charge on any atom is -0.490 e. The molecule has 0 aliphatic rings. The summed E-state index contributed by atoms with van der Waals surface area (Å²) in [6.45, 7) is 9.40. The van der Waals surface area contributed by atoms with Gasteiger partial charge in [0.1, 0.15) is 30.5 Å². The van der Waals surface area contributed by atoms with E-state index in [0.717, 1.165) is 16.9 Å². The van der Waals surface area contributed by atoms with Crippen LogP contribution in [0.15, 0.2) is 76.8 Å². The lowest BCUT2D eigenvalue weighted by atomic mass is 10.1. The van der Waals surface area contributed by atoms with Crippen molar-refractivity contribution in [2.45, 2.75) is 34.1 Å². The van der Waals surface area contributed by atoms with Crippen molar-refractivity contribution in [1.82, 2.24) is 5.32 Å². The van der Waals surface area contributed by atoms with Gasteiger partial charge in [-0.25, -0.2) is 0 Å². The number of ketones is 1. The Labute approximate surface area is 236 Å². The third-order valence-corrected chi connectivity index (χ3v) is 5.32. The quantitative estimate of drug-likeness (QED) is 0.0704. The zero-order chi connectivity index (χ0) is 29.3. The average Bonchev–Trinajstić information content (AvgIpc) is 2.90. The molecule has 0 atom stereocenters. The second-order valence-corrected chi connectivity index (χ2v) is 9.41. The fourth-order valence-electron chi connectivity index (χ4n) is 3.17. The number of nitrogens with zero attached hydrogens (tertiary/aromatic N) is 1. The molecule has 2 aromatic carbocycles. The number of hydrogen-bond donors (Lipinski definition) is 3. The third-order valence-electron chi connectivity index (χ3n) is 5.32. The SMILES string of the molecule is CC(C)=CCOc1ccc(/C=C/C(=O)c2ccc(OCC=C(C)C)cc2OCC(=O)NCCCN=C(N)N)cc1. The summed E-state index contributed by atoms with van der Waals surface area (Å²) >= 11 is 0. The van der Waals surface area contributed by atoms with Gasteiger partial charge in [-0.05, 0) is 82.2 Å². The maximum absolute atomic E-state index is 13.1. The van der Waals surface area contributed by atoms with Crippen LogP contribution in [-0.2, 0) is 4.79 Å². The Morgan fingerprint density at radius 3 is 2.12 bits per heavy atom. The number of nitrogens with two attached hydrogens (primary N) is 2. The molecule has 0 spiro atoms. The lowest BCUT2D eigenvalue weighted by Crippen LogP contribution is -2.30. The highest BCUT2D eigenvalue weighted by atomic mass is 16.5. The maximum atomic E-state index is 13.1. The third kappa shape index (κ3) is 12.8. The first-order valence-corrected chi connectivity index (χ1v) is 13.1. The number of rotatable bonds is 16. The molecule has 0 heterocycles. The van der Waals surface area contributed by atoms with Crippen LogP contribution in [0, 0.1) is 0 Å². The number of hydrogen-bond acceptors (Lipinski definition) is 6. The van der Waals surface area contributed by atoms with Gasteiger partial charge in [0, 0.05) is 19.2 Å². The van der Waals surface area contributed by atoms with E-state index < -0.39 is 0 Å². The standard InChI is InChI=1S/C31H40N4O5/c1-22(2)14-18-38-25-9-6-24(7-10-25)8-13-28(36)27-12-11-26(39-19-15-23(3)4)20-29(27)40-21-30(37)34-16-5-17-35-31(32)33/h6-15,20H,5,16-19,21H2,1-4H3,(H,34,37)(H4,32,33,35)/b13-8+. The number of allylic oxidation sites excluding steroid dienone is 3. The molecule has 0 aromatic heterocycles. The number of amides is 1. The van der Waals surface area contributed by atoms with E-state index in [-0.39, 0.29) is 30.0 Å². The van der Waals surface area contributed by atoms with Crippen LogP contribution in [0.5, 0.6) is 17.2 Å². The van der Waals surface area contributed by atoms with Gasteiger partial charge in [0.05, 0.1) is 5.56 Å². The monoisotopic (exact) mass is 548 g/mol. The lowest BCUT2D eigenvalue weighted by Gasteiger charge is -2.12. The van der Waals surface area contributed by atoms with Gasteiger partial charge < -0.3 is 31.0 Å². The molecule has 9 heteroatoms. The summed E-state index contributed by atoms with van der Waals surface area (Å²) in [5.41, 5.74) is 14.1. The van der Waals surface area contributed by atoms with E-state index in [1.807, 2.05) is 64.1 Å². The van der Waals surface area contributed by atoms with Crippen molar-refractivity contribution in [2.24, 2.45) is 16.5 Å². The molecule has 9 nitrogen and oxygen atoms in total. The minimum atomic E-state index is -0.332. The molecule has 2 aromatic rings. The average molecular weight is 549 g/mol. The van der Waals surface area contributed by atoms with Crippen LogP contribution in [0.2, 0.25) is 0 Å². The Morgan fingerprint density at radius 1 is 0.875 bits per heavy atom. The molecular formula is C31H40N4O5. The highest BCUT2D eigenvalue weighted by Gasteiger charge is 2.14. The summed E-state index contributed by atoms with van der Waals surface area (Å²) < 4.78 is 17.2. The van der Waals surface area contributed by atoms with Crippen molar-refractivity contribution in [3.05, 3.63) is 83.0 Å². The molecule has 0 saturated heterocycles. The Balaban J connectivity index is 2.08. The van der Waals surface area contributed by atoms with Gasteiger partial charge in [-0.3, -0.25) is 14.6 Å². The first-order valence-electron chi connectivity index (χ1n) is 13.1. The Morgan fingerprint density at radius 2 is 1.50 bits per heavy atom. The van der Waals surface area contributed by atoms with Crippen LogP contribution in [0.25, 0.3) is 6.08 Å². The molecule has 40 heavy (non-hydrogen) atoms. The van der Waals surface area contributed by atoms with Crippen molar-refractivity contribution in [3.63, 3.8) is 0 Å². The normalized spacial score (nSPS) is 10.4. The van der Waals surface area contributed by atoms with Crippen molar-refractivity contribution < 1.29 is 23.8 Å². The first-order chi connectivity index (χ1) is 19.1. The van der Waals surface area contributed by atoms with Gasteiger partial charge in [-0.2, -0.15) is 0 Å². The molecule has 0 aliphatic carbocycles. The second kappa shape index (κ2) is 17.1.